The SMILES string of the molecule is CCCC.O=[PH](O)OC(c1ccccc1)c1ccccc1. The van der Waals surface area contributed by atoms with E-state index in [9.17, 15) is 4.57 Å². The number of hydrogen-bond acceptors (Lipinski definition) is 2. The largest absolute Gasteiger partial charge is 0.326 e. The van der Waals surface area contributed by atoms with E-state index in [-0.39, 0.29) is 0 Å². The van der Waals surface area contributed by atoms with Crippen LogP contribution in [0.2, 0.25) is 0 Å². The van der Waals surface area contributed by atoms with E-state index < -0.39 is 14.4 Å². The zero-order valence-electron chi connectivity index (χ0n) is 12.5. The van der Waals surface area contributed by atoms with Crippen LogP contribution in [-0.2, 0) is 9.09 Å². The van der Waals surface area contributed by atoms with Gasteiger partial charge in [0.25, 0.3) is 0 Å². The van der Waals surface area contributed by atoms with Crippen molar-refractivity contribution >= 4 is 8.25 Å². The molecule has 0 bridgehead atoms. The van der Waals surface area contributed by atoms with Gasteiger partial charge >= 0.3 is 8.25 Å². The van der Waals surface area contributed by atoms with Crippen molar-refractivity contribution in [1.29, 1.82) is 0 Å². The Hall–Kier alpha value is -1.41. The Morgan fingerprint density at radius 3 is 1.57 bits per heavy atom. The Morgan fingerprint density at radius 2 is 1.29 bits per heavy atom. The van der Waals surface area contributed by atoms with E-state index >= 15 is 0 Å². The molecule has 0 saturated carbocycles. The average Bonchev–Trinajstić information content (AvgIpc) is 2.54. The lowest BCUT2D eigenvalue weighted by atomic mass is 10.0. The Morgan fingerprint density at radius 1 is 0.905 bits per heavy atom. The summed E-state index contributed by atoms with van der Waals surface area (Å²) >= 11 is 0. The summed E-state index contributed by atoms with van der Waals surface area (Å²) in [6.45, 7) is 4.36. The normalized spacial score (nSPS) is 11.6. The summed E-state index contributed by atoms with van der Waals surface area (Å²) in [6.07, 6.45) is 2.15. The molecule has 0 amide bonds. The van der Waals surface area contributed by atoms with Crippen molar-refractivity contribution in [3.8, 4) is 0 Å². The molecule has 2 aromatic rings. The molecule has 21 heavy (non-hydrogen) atoms. The Kier molecular flexibility index (Phi) is 8.68. The summed E-state index contributed by atoms with van der Waals surface area (Å²) in [5.41, 5.74) is 1.73. The molecule has 0 saturated heterocycles. The van der Waals surface area contributed by atoms with Crippen LogP contribution in [0, 0.1) is 0 Å². The highest BCUT2D eigenvalue weighted by Gasteiger charge is 2.15. The van der Waals surface area contributed by atoms with E-state index in [2.05, 4.69) is 13.8 Å². The van der Waals surface area contributed by atoms with Crippen LogP contribution in [-0.4, -0.2) is 4.89 Å². The number of unbranched alkanes of at least 4 members (excludes halogenated alkanes) is 1. The first-order valence-electron chi connectivity index (χ1n) is 7.18. The molecule has 2 aromatic carbocycles. The van der Waals surface area contributed by atoms with Crippen LogP contribution in [0.3, 0.4) is 0 Å². The molecule has 0 aliphatic heterocycles. The van der Waals surface area contributed by atoms with E-state index in [1.165, 1.54) is 12.8 Å². The van der Waals surface area contributed by atoms with Crippen LogP contribution in [0.15, 0.2) is 60.7 Å². The molecule has 3 nitrogen and oxygen atoms in total. The molecule has 0 heterocycles. The maximum Gasteiger partial charge on any atom is 0.317 e. The van der Waals surface area contributed by atoms with Gasteiger partial charge in [-0.2, -0.15) is 0 Å². The van der Waals surface area contributed by atoms with Gasteiger partial charge in [-0.05, 0) is 11.1 Å². The fraction of sp³-hybridized carbons (Fsp3) is 0.294. The standard InChI is InChI=1S/C13H13O3P.C4H10/c14-17(15)16-13(11-7-3-1-4-8-11)12-9-5-2-6-10-12;1-3-4-2/h1-10,13,17H,(H,14,15);3-4H2,1-2H3. The minimum atomic E-state index is -2.98. The predicted molar refractivity (Wildman–Crippen MR) is 87.6 cm³/mol. The van der Waals surface area contributed by atoms with Gasteiger partial charge in [0.15, 0.2) is 0 Å². The first-order chi connectivity index (χ1) is 10.2. The van der Waals surface area contributed by atoms with Crippen molar-refractivity contribution in [3.63, 3.8) is 0 Å². The minimum Gasteiger partial charge on any atom is -0.326 e. The van der Waals surface area contributed by atoms with Crippen LogP contribution in [0.5, 0.6) is 0 Å². The van der Waals surface area contributed by atoms with Crippen molar-refractivity contribution in [2.75, 3.05) is 0 Å². The lowest BCUT2D eigenvalue weighted by Gasteiger charge is -2.16. The second-order valence-electron chi connectivity index (χ2n) is 4.59. The molecule has 0 spiro atoms. The van der Waals surface area contributed by atoms with Gasteiger partial charge in [-0.25, -0.2) is 0 Å². The van der Waals surface area contributed by atoms with Gasteiger partial charge in [0.1, 0.15) is 6.10 Å². The molecule has 0 aliphatic carbocycles. The van der Waals surface area contributed by atoms with Gasteiger partial charge in [0, 0.05) is 0 Å². The van der Waals surface area contributed by atoms with E-state index in [0.29, 0.717) is 0 Å². The molecule has 1 N–H and O–H groups in total. The monoisotopic (exact) mass is 306 g/mol. The Balaban J connectivity index is 0.000000491. The number of benzene rings is 2. The third-order valence-electron chi connectivity index (χ3n) is 2.92. The fourth-order valence-corrected chi connectivity index (χ4v) is 2.16. The van der Waals surface area contributed by atoms with Crippen molar-refractivity contribution in [2.24, 2.45) is 0 Å². The molecule has 1 atom stereocenters. The summed E-state index contributed by atoms with van der Waals surface area (Å²) < 4.78 is 16.0. The average molecular weight is 306 g/mol. The first-order valence-corrected chi connectivity index (χ1v) is 8.44. The molecule has 4 heteroatoms. The summed E-state index contributed by atoms with van der Waals surface area (Å²) in [4.78, 5) is 8.97. The van der Waals surface area contributed by atoms with Crippen molar-refractivity contribution in [3.05, 3.63) is 71.8 Å². The maximum atomic E-state index is 10.9. The summed E-state index contributed by atoms with van der Waals surface area (Å²) in [5.74, 6) is 0. The van der Waals surface area contributed by atoms with Crippen molar-refractivity contribution < 1.29 is 14.0 Å². The second kappa shape index (κ2) is 10.3. The third-order valence-corrected chi connectivity index (χ3v) is 3.36. The van der Waals surface area contributed by atoms with E-state index in [1.54, 1.807) is 0 Å². The molecular weight excluding hydrogens is 283 g/mol. The molecular formula is C17H23O3P. The lowest BCUT2D eigenvalue weighted by Crippen LogP contribution is -2.01. The molecule has 0 radical (unpaired) electrons. The Bertz CT molecular complexity index is 473. The number of hydrogen-bond donors (Lipinski definition) is 1. The highest BCUT2D eigenvalue weighted by molar-refractivity contribution is 7.32. The molecule has 0 aliphatic rings. The maximum absolute atomic E-state index is 10.9. The van der Waals surface area contributed by atoms with Gasteiger partial charge in [0.05, 0.1) is 0 Å². The van der Waals surface area contributed by atoms with E-state index in [1.807, 2.05) is 60.7 Å². The second-order valence-corrected chi connectivity index (χ2v) is 5.35. The summed E-state index contributed by atoms with van der Waals surface area (Å²) in [6, 6.07) is 18.8. The zero-order valence-corrected chi connectivity index (χ0v) is 13.5. The predicted octanol–water partition coefficient (Wildman–Crippen LogP) is 4.98. The van der Waals surface area contributed by atoms with E-state index in [0.717, 1.165) is 11.1 Å². The summed E-state index contributed by atoms with van der Waals surface area (Å²) in [7, 11) is -2.98. The summed E-state index contributed by atoms with van der Waals surface area (Å²) in [5, 5.41) is 0. The molecule has 1 unspecified atom stereocenters. The van der Waals surface area contributed by atoms with Crippen molar-refractivity contribution in [2.45, 2.75) is 32.8 Å². The van der Waals surface area contributed by atoms with Gasteiger partial charge in [-0.15, -0.1) is 0 Å². The molecule has 114 valence electrons. The molecule has 0 fully saturated rings. The fourth-order valence-electron chi connectivity index (χ4n) is 1.69. The van der Waals surface area contributed by atoms with Crippen LogP contribution in [0.1, 0.15) is 43.9 Å². The van der Waals surface area contributed by atoms with Gasteiger partial charge < -0.3 is 4.89 Å². The quantitative estimate of drug-likeness (QED) is 0.792. The van der Waals surface area contributed by atoms with E-state index in [4.69, 9.17) is 9.42 Å². The lowest BCUT2D eigenvalue weighted by molar-refractivity contribution is 0.226. The topological polar surface area (TPSA) is 46.5 Å². The minimum absolute atomic E-state index is 0.492. The van der Waals surface area contributed by atoms with Crippen LogP contribution in [0.4, 0.5) is 0 Å². The Labute approximate surface area is 127 Å². The zero-order chi connectivity index (χ0) is 15.5. The van der Waals surface area contributed by atoms with Crippen molar-refractivity contribution in [1.82, 2.24) is 0 Å². The highest BCUT2D eigenvalue weighted by Crippen LogP contribution is 2.33. The highest BCUT2D eigenvalue weighted by atomic mass is 31.1. The van der Waals surface area contributed by atoms with Gasteiger partial charge in [-0.3, -0.25) is 9.09 Å². The third kappa shape index (κ3) is 6.72. The smallest absolute Gasteiger partial charge is 0.317 e. The first kappa shape index (κ1) is 17.6. The van der Waals surface area contributed by atoms with Gasteiger partial charge in [-0.1, -0.05) is 87.4 Å². The van der Waals surface area contributed by atoms with Crippen LogP contribution in [0.25, 0.3) is 0 Å². The number of rotatable bonds is 5. The van der Waals surface area contributed by atoms with Gasteiger partial charge in [0.2, 0.25) is 0 Å². The van der Waals surface area contributed by atoms with Crippen LogP contribution < -0.4 is 0 Å². The molecule has 0 aromatic heterocycles. The van der Waals surface area contributed by atoms with Crippen LogP contribution >= 0.6 is 8.25 Å². The molecule has 2 rings (SSSR count).